The number of para-hydroxylation sites is 1. The Hall–Kier alpha value is -1.79. The fourth-order valence-electron chi connectivity index (χ4n) is 1.57. The van der Waals surface area contributed by atoms with Crippen molar-refractivity contribution in [2.24, 2.45) is 0 Å². The summed E-state index contributed by atoms with van der Waals surface area (Å²) in [7, 11) is 0. The minimum Gasteiger partial charge on any atom is -0.240 e. The Balaban J connectivity index is 2.84. The number of rotatable bonds is 1. The van der Waals surface area contributed by atoms with E-state index in [0.29, 0.717) is 0 Å². The molecule has 0 aliphatic heterocycles. The van der Waals surface area contributed by atoms with E-state index >= 15 is 0 Å². The van der Waals surface area contributed by atoms with Crippen molar-refractivity contribution in [2.75, 3.05) is 0 Å². The first-order valence-electron chi connectivity index (χ1n) is 4.75. The SMILES string of the molecule is Fc1cccc2c(C(F)F)cc(C(F)(F)F)nc12. The summed E-state index contributed by atoms with van der Waals surface area (Å²) in [6, 6.07) is 3.35. The zero-order valence-electron chi connectivity index (χ0n) is 8.60. The molecular weight excluding hydrogens is 260 g/mol. The van der Waals surface area contributed by atoms with Crippen LogP contribution in [0, 0.1) is 5.82 Å². The highest BCUT2D eigenvalue weighted by molar-refractivity contribution is 5.83. The molecule has 0 bridgehead atoms. The molecule has 1 heterocycles. The van der Waals surface area contributed by atoms with E-state index in [1.54, 1.807) is 0 Å². The van der Waals surface area contributed by atoms with Crippen LogP contribution in [0.2, 0.25) is 0 Å². The summed E-state index contributed by atoms with van der Waals surface area (Å²) < 4.78 is 76.1. The molecule has 2 aromatic rings. The van der Waals surface area contributed by atoms with Crippen LogP contribution in [0.4, 0.5) is 26.3 Å². The lowest BCUT2D eigenvalue weighted by Gasteiger charge is -2.11. The smallest absolute Gasteiger partial charge is 0.240 e. The third-order valence-corrected chi connectivity index (χ3v) is 2.35. The number of fused-ring (bicyclic) bond motifs is 1. The highest BCUT2D eigenvalue weighted by Gasteiger charge is 2.34. The Morgan fingerprint density at radius 2 is 1.78 bits per heavy atom. The van der Waals surface area contributed by atoms with Gasteiger partial charge in [-0.2, -0.15) is 13.2 Å². The molecule has 0 saturated carbocycles. The Labute approximate surface area is 97.1 Å². The molecule has 0 spiro atoms. The van der Waals surface area contributed by atoms with Crippen LogP contribution in [0.5, 0.6) is 0 Å². The summed E-state index contributed by atoms with van der Waals surface area (Å²) in [5.74, 6) is -1.07. The van der Waals surface area contributed by atoms with Crippen LogP contribution in [0.15, 0.2) is 24.3 Å². The molecule has 1 aromatic carbocycles. The van der Waals surface area contributed by atoms with Crippen LogP contribution in [0.3, 0.4) is 0 Å². The molecule has 18 heavy (non-hydrogen) atoms. The molecule has 1 nitrogen and oxygen atoms in total. The summed E-state index contributed by atoms with van der Waals surface area (Å²) in [5, 5.41) is -0.321. The first-order chi connectivity index (χ1) is 8.30. The van der Waals surface area contributed by atoms with E-state index in [2.05, 4.69) is 4.98 Å². The van der Waals surface area contributed by atoms with Gasteiger partial charge in [-0.05, 0) is 12.1 Å². The molecule has 0 atom stereocenters. The average Bonchev–Trinajstić information content (AvgIpc) is 2.27. The van der Waals surface area contributed by atoms with Crippen molar-refractivity contribution in [3.05, 3.63) is 41.3 Å². The molecule has 0 aliphatic rings. The second-order valence-electron chi connectivity index (χ2n) is 3.53. The third kappa shape index (κ3) is 2.12. The highest BCUT2D eigenvalue weighted by Crippen LogP contribution is 2.34. The van der Waals surface area contributed by atoms with Crippen LogP contribution in [-0.2, 0) is 6.18 Å². The lowest BCUT2D eigenvalue weighted by Crippen LogP contribution is -2.10. The zero-order chi connectivity index (χ0) is 13.5. The lowest BCUT2D eigenvalue weighted by molar-refractivity contribution is -0.141. The summed E-state index contributed by atoms with van der Waals surface area (Å²) in [6.07, 6.45) is -8.04. The van der Waals surface area contributed by atoms with E-state index in [9.17, 15) is 26.3 Å². The Bertz CT molecular complexity index is 590. The summed E-state index contributed by atoms with van der Waals surface area (Å²) in [4.78, 5) is 3.06. The van der Waals surface area contributed by atoms with Crippen LogP contribution < -0.4 is 0 Å². The van der Waals surface area contributed by atoms with Crippen molar-refractivity contribution in [1.82, 2.24) is 4.98 Å². The summed E-state index contributed by atoms with van der Waals surface area (Å²) in [6.45, 7) is 0. The van der Waals surface area contributed by atoms with Gasteiger partial charge in [0, 0.05) is 10.9 Å². The second-order valence-corrected chi connectivity index (χ2v) is 3.53. The minimum atomic E-state index is -4.90. The normalized spacial score (nSPS) is 12.4. The van der Waals surface area contributed by atoms with Crippen molar-refractivity contribution in [3.63, 3.8) is 0 Å². The Morgan fingerprint density at radius 1 is 1.11 bits per heavy atom. The number of hydrogen-bond donors (Lipinski definition) is 0. The van der Waals surface area contributed by atoms with Gasteiger partial charge in [-0.1, -0.05) is 12.1 Å². The van der Waals surface area contributed by atoms with E-state index in [-0.39, 0.29) is 11.5 Å². The first kappa shape index (κ1) is 12.7. The van der Waals surface area contributed by atoms with Gasteiger partial charge in [-0.15, -0.1) is 0 Å². The molecule has 0 unspecified atom stereocenters. The van der Waals surface area contributed by atoms with Crippen molar-refractivity contribution in [3.8, 4) is 0 Å². The maximum absolute atomic E-state index is 13.3. The molecule has 2 rings (SSSR count). The van der Waals surface area contributed by atoms with Crippen LogP contribution in [-0.4, -0.2) is 4.98 Å². The van der Waals surface area contributed by atoms with Crippen LogP contribution in [0.25, 0.3) is 10.9 Å². The average molecular weight is 265 g/mol. The van der Waals surface area contributed by atoms with E-state index in [1.165, 1.54) is 0 Å². The van der Waals surface area contributed by atoms with Crippen molar-refractivity contribution in [2.45, 2.75) is 12.6 Å². The molecule has 0 amide bonds. The fraction of sp³-hybridized carbons (Fsp3) is 0.182. The van der Waals surface area contributed by atoms with Gasteiger partial charge in [0.05, 0.1) is 0 Å². The van der Waals surface area contributed by atoms with Gasteiger partial charge in [0.15, 0.2) is 0 Å². The van der Waals surface area contributed by atoms with Gasteiger partial charge in [0.2, 0.25) is 0 Å². The third-order valence-electron chi connectivity index (χ3n) is 2.35. The molecule has 0 fully saturated rings. The highest BCUT2D eigenvalue weighted by atomic mass is 19.4. The number of nitrogens with zero attached hydrogens (tertiary/aromatic N) is 1. The summed E-state index contributed by atoms with van der Waals surface area (Å²) >= 11 is 0. The molecule has 7 heteroatoms. The van der Waals surface area contributed by atoms with E-state index in [4.69, 9.17) is 0 Å². The van der Waals surface area contributed by atoms with E-state index < -0.39 is 35.2 Å². The lowest BCUT2D eigenvalue weighted by atomic mass is 10.1. The van der Waals surface area contributed by atoms with Gasteiger partial charge in [-0.3, -0.25) is 0 Å². The predicted molar refractivity (Wildman–Crippen MR) is 51.7 cm³/mol. The molecule has 0 saturated heterocycles. The topological polar surface area (TPSA) is 12.9 Å². The maximum Gasteiger partial charge on any atom is 0.433 e. The molecule has 0 aliphatic carbocycles. The molecule has 0 radical (unpaired) electrons. The van der Waals surface area contributed by atoms with Crippen molar-refractivity contribution >= 4 is 10.9 Å². The van der Waals surface area contributed by atoms with E-state index in [1.807, 2.05) is 0 Å². The van der Waals surface area contributed by atoms with Crippen molar-refractivity contribution < 1.29 is 26.3 Å². The molecular formula is C11H5F6N. The minimum absolute atomic E-state index is 0.242. The maximum atomic E-state index is 13.3. The molecule has 1 aromatic heterocycles. The number of alkyl halides is 5. The number of aromatic nitrogens is 1. The van der Waals surface area contributed by atoms with Crippen LogP contribution >= 0.6 is 0 Å². The Morgan fingerprint density at radius 3 is 2.33 bits per heavy atom. The Kier molecular flexibility index (Phi) is 2.92. The predicted octanol–water partition coefficient (Wildman–Crippen LogP) is 4.33. The number of halogens is 6. The number of benzene rings is 1. The monoisotopic (exact) mass is 265 g/mol. The quantitative estimate of drug-likeness (QED) is 0.699. The zero-order valence-corrected chi connectivity index (χ0v) is 8.60. The number of hydrogen-bond acceptors (Lipinski definition) is 1. The van der Waals surface area contributed by atoms with Gasteiger partial charge >= 0.3 is 6.18 Å². The molecule has 0 N–H and O–H groups in total. The van der Waals surface area contributed by atoms with E-state index in [0.717, 1.165) is 18.2 Å². The molecule has 96 valence electrons. The van der Waals surface area contributed by atoms with Crippen LogP contribution in [0.1, 0.15) is 17.7 Å². The van der Waals surface area contributed by atoms with Gasteiger partial charge in [0.1, 0.15) is 17.0 Å². The fourth-order valence-corrected chi connectivity index (χ4v) is 1.57. The number of pyridine rings is 1. The summed E-state index contributed by atoms with van der Waals surface area (Å²) in [5.41, 5.74) is -3.12. The largest absolute Gasteiger partial charge is 0.433 e. The van der Waals surface area contributed by atoms with Crippen molar-refractivity contribution in [1.29, 1.82) is 0 Å². The standard InChI is InChI=1S/C11H5F6N/c12-7-3-1-2-5-6(10(13)14)4-8(11(15,16)17)18-9(5)7/h1-4,10H. The van der Waals surface area contributed by atoms with Gasteiger partial charge in [-0.25, -0.2) is 18.2 Å². The first-order valence-corrected chi connectivity index (χ1v) is 4.75. The van der Waals surface area contributed by atoms with Gasteiger partial charge in [0.25, 0.3) is 6.43 Å². The second kappa shape index (κ2) is 4.15. The van der Waals surface area contributed by atoms with Gasteiger partial charge < -0.3 is 0 Å².